The van der Waals surface area contributed by atoms with Gasteiger partial charge in [-0.15, -0.1) is 5.10 Å². The summed E-state index contributed by atoms with van der Waals surface area (Å²) in [7, 11) is 0. The van der Waals surface area contributed by atoms with Crippen molar-refractivity contribution in [3.05, 3.63) is 40.4 Å². The van der Waals surface area contributed by atoms with Crippen LogP contribution in [-0.2, 0) is 12.8 Å². The number of pyridine rings is 1. The molecule has 0 unspecified atom stereocenters. The number of H-pyrrole nitrogens is 1. The lowest BCUT2D eigenvalue weighted by molar-refractivity contribution is 0.552. The number of nitrogens with one attached hydrogen (secondary N) is 1. The Kier molecular flexibility index (Phi) is 2.29. The summed E-state index contributed by atoms with van der Waals surface area (Å²) in [6.45, 7) is 0. The van der Waals surface area contributed by atoms with Gasteiger partial charge in [-0.3, -0.25) is 4.98 Å². The Hall–Kier alpha value is -2.01. The van der Waals surface area contributed by atoms with Gasteiger partial charge < -0.3 is 4.42 Å². The van der Waals surface area contributed by atoms with E-state index in [4.69, 9.17) is 21.6 Å². The largest absolute Gasteiger partial charge is 0.409 e. The Bertz CT molecular complexity index is 834. The lowest BCUT2D eigenvalue weighted by Gasteiger charge is -2.08. The summed E-state index contributed by atoms with van der Waals surface area (Å²) in [6.07, 6.45) is 3.19. The highest BCUT2D eigenvalue weighted by molar-refractivity contribution is 7.71. The molecule has 5 heteroatoms. The van der Waals surface area contributed by atoms with Crippen molar-refractivity contribution in [1.82, 2.24) is 15.2 Å². The second-order valence-electron chi connectivity index (χ2n) is 4.70. The number of aromatic amines is 1. The van der Waals surface area contributed by atoms with Crippen LogP contribution in [0.3, 0.4) is 0 Å². The third kappa shape index (κ3) is 1.62. The van der Waals surface area contributed by atoms with Crippen molar-refractivity contribution < 1.29 is 4.42 Å². The normalized spacial score (nSPS) is 13.9. The molecular weight excluding hydrogens is 258 g/mol. The molecule has 4 nitrogen and oxygen atoms in total. The molecule has 1 aromatic carbocycles. The maximum Gasteiger partial charge on any atom is 0.284 e. The number of hydrogen-bond donors (Lipinski definition) is 1. The molecule has 0 aliphatic heterocycles. The van der Waals surface area contributed by atoms with Crippen LogP contribution in [0.1, 0.15) is 17.7 Å². The Labute approximate surface area is 114 Å². The van der Waals surface area contributed by atoms with E-state index >= 15 is 0 Å². The Morgan fingerprint density at radius 1 is 1.21 bits per heavy atom. The lowest BCUT2D eigenvalue weighted by atomic mass is 10.0. The van der Waals surface area contributed by atoms with Crippen molar-refractivity contribution in [2.45, 2.75) is 19.3 Å². The van der Waals surface area contributed by atoms with Crippen LogP contribution in [0.2, 0.25) is 0 Å². The minimum absolute atomic E-state index is 0.308. The maximum absolute atomic E-state index is 5.52. The molecule has 94 valence electrons. The summed E-state index contributed by atoms with van der Waals surface area (Å²) in [6, 6.07) is 8.10. The van der Waals surface area contributed by atoms with Gasteiger partial charge in [-0.2, -0.15) is 0 Å². The Morgan fingerprint density at radius 3 is 2.95 bits per heavy atom. The van der Waals surface area contributed by atoms with Gasteiger partial charge >= 0.3 is 0 Å². The smallest absolute Gasteiger partial charge is 0.284 e. The van der Waals surface area contributed by atoms with Gasteiger partial charge in [-0.25, -0.2) is 5.10 Å². The molecule has 0 radical (unpaired) electrons. The first-order chi connectivity index (χ1) is 9.33. The van der Waals surface area contributed by atoms with Crippen LogP contribution < -0.4 is 0 Å². The summed E-state index contributed by atoms with van der Waals surface area (Å²) >= 11 is 4.98. The van der Waals surface area contributed by atoms with Gasteiger partial charge in [0, 0.05) is 11.1 Å². The first kappa shape index (κ1) is 10.9. The average Bonchev–Trinajstić information content (AvgIpc) is 3.04. The van der Waals surface area contributed by atoms with Gasteiger partial charge in [0.2, 0.25) is 5.89 Å². The van der Waals surface area contributed by atoms with Gasteiger partial charge in [0.25, 0.3) is 4.84 Å². The molecule has 2 heterocycles. The Balaban J connectivity index is 2.15. The summed E-state index contributed by atoms with van der Waals surface area (Å²) in [5.41, 5.74) is 4.45. The van der Waals surface area contributed by atoms with Gasteiger partial charge in [0.15, 0.2) is 0 Å². The molecular formula is C14H11N3OS. The monoisotopic (exact) mass is 269 g/mol. The number of aromatic nitrogens is 3. The summed E-state index contributed by atoms with van der Waals surface area (Å²) in [5, 5.41) is 7.97. The average molecular weight is 269 g/mol. The number of rotatable bonds is 1. The molecule has 1 aliphatic rings. The summed E-state index contributed by atoms with van der Waals surface area (Å²) < 4.78 is 5.52. The van der Waals surface area contributed by atoms with Crippen LogP contribution in [0, 0.1) is 4.84 Å². The van der Waals surface area contributed by atoms with Crippen molar-refractivity contribution >= 4 is 23.1 Å². The number of benzene rings is 1. The molecule has 0 bridgehead atoms. The number of para-hydroxylation sites is 1. The van der Waals surface area contributed by atoms with E-state index in [1.807, 2.05) is 18.2 Å². The maximum atomic E-state index is 5.52. The quantitative estimate of drug-likeness (QED) is 0.688. The van der Waals surface area contributed by atoms with E-state index in [1.165, 1.54) is 5.56 Å². The fraction of sp³-hybridized carbons (Fsp3) is 0.214. The molecule has 1 aliphatic carbocycles. The van der Waals surface area contributed by atoms with Gasteiger partial charge in [0.1, 0.15) is 0 Å². The lowest BCUT2D eigenvalue weighted by Crippen LogP contribution is -1.95. The van der Waals surface area contributed by atoms with Gasteiger partial charge in [-0.1, -0.05) is 18.2 Å². The van der Waals surface area contributed by atoms with Crippen molar-refractivity contribution in [2.75, 3.05) is 0 Å². The molecule has 0 amide bonds. The van der Waals surface area contributed by atoms with Gasteiger partial charge in [0.05, 0.1) is 11.1 Å². The van der Waals surface area contributed by atoms with E-state index in [9.17, 15) is 0 Å². The molecule has 1 N–H and O–H groups in total. The van der Waals surface area contributed by atoms with E-state index < -0.39 is 0 Å². The van der Waals surface area contributed by atoms with Crippen molar-refractivity contribution in [1.29, 1.82) is 0 Å². The number of fused-ring (bicyclic) bond motifs is 2. The summed E-state index contributed by atoms with van der Waals surface area (Å²) in [5.74, 6) is 0.571. The van der Waals surface area contributed by atoms with E-state index in [1.54, 1.807) is 0 Å². The van der Waals surface area contributed by atoms with Gasteiger partial charge in [-0.05, 0) is 43.1 Å². The van der Waals surface area contributed by atoms with Crippen molar-refractivity contribution in [3.8, 4) is 11.5 Å². The minimum atomic E-state index is 0.308. The van der Waals surface area contributed by atoms with Crippen molar-refractivity contribution in [3.63, 3.8) is 0 Å². The highest BCUT2D eigenvalue weighted by atomic mass is 32.1. The second kappa shape index (κ2) is 3.99. The third-order valence-corrected chi connectivity index (χ3v) is 3.75. The van der Waals surface area contributed by atoms with Crippen LogP contribution >= 0.6 is 12.2 Å². The predicted octanol–water partition coefficient (Wildman–Crippen LogP) is 3.44. The number of nitrogens with zero attached hydrogens (tertiary/aromatic N) is 2. The number of hydrogen-bond acceptors (Lipinski definition) is 4. The van der Waals surface area contributed by atoms with Crippen LogP contribution in [0.15, 0.2) is 28.7 Å². The molecule has 0 fully saturated rings. The third-order valence-electron chi connectivity index (χ3n) is 3.57. The Morgan fingerprint density at radius 2 is 2.11 bits per heavy atom. The summed E-state index contributed by atoms with van der Waals surface area (Å²) in [4.78, 5) is 5.05. The standard InChI is InChI=1S/C14H11N3OS/c19-14-17-16-13(18-14)12-8-4-1-2-6-10(8)15-11-7-3-5-9(11)12/h1-2,4,6H,3,5,7H2,(H,17,19). The molecule has 19 heavy (non-hydrogen) atoms. The molecule has 2 aromatic heterocycles. The van der Waals surface area contributed by atoms with Crippen LogP contribution in [0.4, 0.5) is 0 Å². The number of aryl methyl sites for hydroxylation is 1. The molecule has 0 saturated heterocycles. The second-order valence-corrected chi connectivity index (χ2v) is 5.07. The van der Waals surface area contributed by atoms with Crippen LogP contribution in [-0.4, -0.2) is 15.2 Å². The van der Waals surface area contributed by atoms with Crippen LogP contribution in [0.25, 0.3) is 22.4 Å². The zero-order valence-electron chi connectivity index (χ0n) is 10.1. The fourth-order valence-electron chi connectivity index (χ4n) is 2.79. The van der Waals surface area contributed by atoms with E-state index in [2.05, 4.69) is 16.3 Å². The first-order valence-corrected chi connectivity index (χ1v) is 6.70. The van der Waals surface area contributed by atoms with E-state index in [0.29, 0.717) is 10.7 Å². The minimum Gasteiger partial charge on any atom is -0.409 e. The zero-order valence-corrected chi connectivity index (χ0v) is 11.0. The SMILES string of the molecule is S=c1[nH]nc(-c2c3c(nc4ccccc24)CCC3)o1. The van der Waals surface area contributed by atoms with Crippen LogP contribution in [0.5, 0.6) is 0 Å². The first-order valence-electron chi connectivity index (χ1n) is 6.29. The molecule has 3 aromatic rings. The highest BCUT2D eigenvalue weighted by Crippen LogP contribution is 2.36. The van der Waals surface area contributed by atoms with Crippen molar-refractivity contribution in [2.24, 2.45) is 0 Å². The molecule has 0 spiro atoms. The fourth-order valence-corrected chi connectivity index (χ4v) is 2.92. The van der Waals surface area contributed by atoms with E-state index in [0.717, 1.165) is 41.4 Å². The molecule has 4 rings (SSSR count). The highest BCUT2D eigenvalue weighted by Gasteiger charge is 2.22. The molecule has 0 atom stereocenters. The predicted molar refractivity (Wildman–Crippen MR) is 74.4 cm³/mol. The zero-order chi connectivity index (χ0) is 12.8. The van der Waals surface area contributed by atoms with E-state index in [-0.39, 0.29) is 0 Å². The topological polar surface area (TPSA) is 54.7 Å². The molecule has 0 saturated carbocycles.